The molecule has 2 heterocycles. The number of hydrogen-bond donors (Lipinski definition) is 3. The first-order valence-electron chi connectivity index (χ1n) is 18.6. The highest BCUT2D eigenvalue weighted by molar-refractivity contribution is 6.03. The molecule has 1 saturated carbocycles. The highest BCUT2D eigenvalue weighted by atomic mass is 16.7. The van der Waals surface area contributed by atoms with Crippen LogP contribution < -0.4 is 14.2 Å². The van der Waals surface area contributed by atoms with Crippen LogP contribution >= 0.6 is 0 Å². The minimum atomic E-state index is -1.44. The van der Waals surface area contributed by atoms with Gasteiger partial charge in [0, 0.05) is 37.7 Å². The number of oxime groups is 1. The van der Waals surface area contributed by atoms with Crippen LogP contribution in [-0.4, -0.2) is 83.7 Å². The second-order valence-corrected chi connectivity index (χ2v) is 13.7. The Bertz CT molecular complexity index is 1630. The van der Waals surface area contributed by atoms with Crippen molar-refractivity contribution in [3.63, 3.8) is 0 Å². The molecule has 6 rings (SSSR count). The summed E-state index contributed by atoms with van der Waals surface area (Å²) in [5.74, 6) is -0.102. The third-order valence-corrected chi connectivity index (χ3v) is 10.6. The van der Waals surface area contributed by atoms with Crippen LogP contribution in [0.3, 0.4) is 0 Å². The van der Waals surface area contributed by atoms with Crippen LogP contribution in [0.5, 0.6) is 23.0 Å². The third kappa shape index (κ3) is 7.47. The van der Waals surface area contributed by atoms with E-state index in [9.17, 15) is 20.1 Å². The van der Waals surface area contributed by atoms with Gasteiger partial charge < -0.3 is 43.8 Å². The maximum atomic E-state index is 14.2. The lowest BCUT2D eigenvalue weighted by molar-refractivity contribution is -0.256. The molecule has 3 N–H and O–H groups in total. The molecule has 12 nitrogen and oxygen atoms in total. The van der Waals surface area contributed by atoms with Crippen LogP contribution in [0.4, 0.5) is 4.79 Å². The van der Waals surface area contributed by atoms with Gasteiger partial charge in [-0.3, -0.25) is 4.90 Å². The Morgan fingerprint density at radius 3 is 2.54 bits per heavy atom. The van der Waals surface area contributed by atoms with Gasteiger partial charge in [-0.15, -0.1) is 6.58 Å². The van der Waals surface area contributed by atoms with Gasteiger partial charge in [0.05, 0.1) is 24.8 Å². The van der Waals surface area contributed by atoms with Crippen LogP contribution in [0.15, 0.2) is 65.9 Å². The molecular weight excluding hydrogens is 668 g/mol. The molecule has 2 aromatic carbocycles. The van der Waals surface area contributed by atoms with E-state index in [1.807, 2.05) is 25.1 Å². The van der Waals surface area contributed by atoms with E-state index in [1.165, 1.54) is 0 Å². The van der Waals surface area contributed by atoms with Gasteiger partial charge in [-0.25, -0.2) is 4.79 Å². The second-order valence-electron chi connectivity index (χ2n) is 13.7. The van der Waals surface area contributed by atoms with Crippen molar-refractivity contribution in [1.29, 1.82) is 0 Å². The van der Waals surface area contributed by atoms with Crippen LogP contribution in [-0.2, 0) is 20.9 Å². The number of aliphatic hydroxyl groups is 2. The minimum absolute atomic E-state index is 0.0483. The Hall–Kier alpha value is -4.26. The van der Waals surface area contributed by atoms with Crippen LogP contribution in [0.1, 0.15) is 75.8 Å². The summed E-state index contributed by atoms with van der Waals surface area (Å²) in [5.41, 5.74) is 3.26. The number of aliphatic hydroxyl groups excluding tert-OH is 2. The Morgan fingerprint density at radius 1 is 1.02 bits per heavy atom. The van der Waals surface area contributed by atoms with Gasteiger partial charge in [-0.1, -0.05) is 36.2 Å². The molecular formula is C40H52N2O10. The number of amides is 1. The summed E-state index contributed by atoms with van der Waals surface area (Å²) in [4.78, 5) is 21.7. The van der Waals surface area contributed by atoms with Gasteiger partial charge in [-0.05, 0) is 92.8 Å². The number of carbonyl (C=O) groups excluding carboxylic acids is 1. The fourth-order valence-electron chi connectivity index (χ4n) is 8.54. The lowest BCUT2D eigenvalue weighted by atomic mass is 9.55. The van der Waals surface area contributed by atoms with Crippen molar-refractivity contribution >= 4 is 11.8 Å². The zero-order chi connectivity index (χ0) is 36.7. The molecule has 4 aliphatic rings. The monoisotopic (exact) mass is 720 g/mol. The lowest BCUT2D eigenvalue weighted by Crippen LogP contribution is -2.70. The van der Waals surface area contributed by atoms with Gasteiger partial charge in [0.15, 0.2) is 11.5 Å². The van der Waals surface area contributed by atoms with Crippen molar-refractivity contribution in [2.45, 2.75) is 83.1 Å². The first kappa shape index (κ1) is 37.5. The summed E-state index contributed by atoms with van der Waals surface area (Å²) < 4.78 is 31.0. The quantitative estimate of drug-likeness (QED) is 0.0948. The molecule has 0 unspecified atom stereocenters. The number of nitrogens with zero attached hydrogens (tertiary/aromatic N) is 2. The molecule has 282 valence electrons. The molecule has 2 aromatic rings. The smallest absolute Gasteiger partial charge is 0.410 e. The average Bonchev–Trinajstić information content (AvgIpc) is 3.62. The first-order valence-corrected chi connectivity index (χ1v) is 18.6. The Balaban J connectivity index is 1.57. The topological polar surface area (TPSA) is 149 Å². The van der Waals surface area contributed by atoms with E-state index >= 15 is 0 Å². The van der Waals surface area contributed by atoms with E-state index < -0.39 is 23.8 Å². The highest BCUT2D eigenvalue weighted by Crippen LogP contribution is 2.62. The number of allylic oxidation sites excluding steroid dienone is 1. The van der Waals surface area contributed by atoms with E-state index in [0.717, 1.165) is 42.4 Å². The minimum Gasteiger partial charge on any atom is -0.508 e. The zero-order valence-electron chi connectivity index (χ0n) is 30.2. The molecule has 1 fully saturated rings. The van der Waals surface area contributed by atoms with Gasteiger partial charge >= 0.3 is 6.09 Å². The number of phenols is 1. The van der Waals surface area contributed by atoms with E-state index in [1.54, 1.807) is 36.1 Å². The third-order valence-electron chi connectivity index (χ3n) is 10.6. The molecule has 6 atom stereocenters. The predicted octanol–water partition coefficient (Wildman–Crippen LogP) is 6.43. The number of benzene rings is 2. The Morgan fingerprint density at radius 2 is 1.79 bits per heavy atom. The number of carbonyl (C=O) groups is 1. The van der Waals surface area contributed by atoms with Crippen molar-refractivity contribution in [1.82, 2.24) is 4.90 Å². The van der Waals surface area contributed by atoms with Crippen LogP contribution in [0.2, 0.25) is 0 Å². The van der Waals surface area contributed by atoms with E-state index in [-0.39, 0.29) is 69.7 Å². The fourth-order valence-corrected chi connectivity index (χ4v) is 8.54. The number of aromatic hydroxyl groups is 1. The van der Waals surface area contributed by atoms with Crippen molar-refractivity contribution in [2.75, 3.05) is 39.8 Å². The van der Waals surface area contributed by atoms with Gasteiger partial charge in [0.1, 0.15) is 24.1 Å². The Labute approximate surface area is 305 Å². The van der Waals surface area contributed by atoms with E-state index in [4.69, 9.17) is 33.7 Å². The average molecular weight is 721 g/mol. The van der Waals surface area contributed by atoms with Crippen molar-refractivity contribution in [2.24, 2.45) is 22.9 Å². The number of rotatable bonds is 17. The molecule has 0 saturated heterocycles. The number of hydrogen-bond acceptors (Lipinski definition) is 11. The molecule has 52 heavy (non-hydrogen) atoms. The van der Waals surface area contributed by atoms with Gasteiger partial charge in [0.25, 0.3) is 0 Å². The maximum absolute atomic E-state index is 14.2. The number of unbranched alkanes of at least 4 members (excludes halogenated alkanes) is 2. The lowest BCUT2D eigenvalue weighted by Gasteiger charge is -2.59. The van der Waals surface area contributed by atoms with Crippen LogP contribution in [0.25, 0.3) is 0 Å². The van der Waals surface area contributed by atoms with E-state index in [0.29, 0.717) is 42.4 Å². The molecule has 0 aromatic heterocycles. The zero-order valence-corrected chi connectivity index (χ0v) is 30.2. The SMILES string of the molecule is C=CCO[C@@]12Oc3ccc(O)cc3[C@H]3[C@H](CCCCO)[C@@H](CCCCO)C=C(C(=NOCC)C[C@@H]1N(Cc1ccc4c(c1)OCO4)C(=O)OCC)[C@H]32. The standard InChI is InChI=1S/C40H52N2O10/c1-4-19-50-40-36(42(39(46)47-5-2)24-26-13-15-34-35(20-26)49-25-48-34)23-32(41-51-6-3)30-21-27(11-7-9-17-43)29(12-8-10-18-44)37(38(30)40)31-22-28(45)14-16-33(31)52-40/h4,13-16,20-22,27,29,36-38,43-45H,1,5-12,17-19,23-25H2,2-3H3/t27-,29+,36-,37+,38+,40+/m0/s1. The Kier molecular flexibility index (Phi) is 12.3. The summed E-state index contributed by atoms with van der Waals surface area (Å²) >= 11 is 0. The fraction of sp³-hybridized carbons (Fsp3) is 0.550. The summed E-state index contributed by atoms with van der Waals surface area (Å²) in [5, 5.41) is 35.1. The molecule has 0 bridgehead atoms. The molecule has 2 aliphatic heterocycles. The molecule has 2 aliphatic carbocycles. The van der Waals surface area contributed by atoms with Gasteiger partial charge in [-0.2, -0.15) is 0 Å². The maximum Gasteiger partial charge on any atom is 0.410 e. The number of ether oxygens (including phenoxy) is 5. The van der Waals surface area contributed by atoms with Crippen LogP contribution in [0, 0.1) is 17.8 Å². The normalized spacial score (nSPS) is 26.1. The molecule has 0 radical (unpaired) electrons. The number of fused-ring (bicyclic) bond motifs is 3. The highest BCUT2D eigenvalue weighted by Gasteiger charge is 2.65. The molecule has 0 spiro atoms. The van der Waals surface area contributed by atoms with Crippen molar-refractivity contribution in [3.05, 3.63) is 71.8 Å². The summed E-state index contributed by atoms with van der Waals surface area (Å²) in [6, 6.07) is 10.0. The predicted molar refractivity (Wildman–Crippen MR) is 193 cm³/mol. The first-order chi connectivity index (χ1) is 25.4. The number of phenolic OH excluding ortho intramolecular Hbond substituents is 1. The van der Waals surface area contributed by atoms with Crippen molar-refractivity contribution in [3.8, 4) is 23.0 Å². The summed E-state index contributed by atoms with van der Waals surface area (Å²) in [6.07, 6.45) is 8.24. The molecule has 12 heteroatoms. The molecule has 1 amide bonds. The van der Waals surface area contributed by atoms with Crippen molar-refractivity contribution < 1.29 is 48.6 Å². The second kappa shape index (κ2) is 17.0. The van der Waals surface area contributed by atoms with Gasteiger partial charge in [0.2, 0.25) is 12.6 Å². The summed E-state index contributed by atoms with van der Waals surface area (Å²) in [7, 11) is 0. The summed E-state index contributed by atoms with van der Waals surface area (Å²) in [6.45, 7) is 8.73. The largest absolute Gasteiger partial charge is 0.508 e. The van der Waals surface area contributed by atoms with E-state index in [2.05, 4.69) is 12.7 Å².